The van der Waals surface area contributed by atoms with Gasteiger partial charge in [0.1, 0.15) is 10.8 Å². The summed E-state index contributed by atoms with van der Waals surface area (Å²) in [5, 5.41) is 1.43. The molecule has 5 heteroatoms. The van der Waals surface area contributed by atoms with Gasteiger partial charge in [0.25, 0.3) is 0 Å². The number of hydrogen-bond donors (Lipinski definition) is 1. The van der Waals surface area contributed by atoms with Gasteiger partial charge in [-0.15, -0.1) is 0 Å². The van der Waals surface area contributed by atoms with E-state index in [2.05, 4.69) is 0 Å². The Kier molecular flexibility index (Phi) is 3.66. The second-order valence-corrected chi connectivity index (χ2v) is 5.63. The maximum atomic E-state index is 13.9. The third kappa shape index (κ3) is 2.64. The lowest BCUT2D eigenvalue weighted by Gasteiger charge is -2.09. The van der Waals surface area contributed by atoms with Crippen LogP contribution in [-0.4, -0.2) is 9.56 Å². The summed E-state index contributed by atoms with van der Waals surface area (Å²) < 4.78 is 15.8. The van der Waals surface area contributed by atoms with Gasteiger partial charge in [0.2, 0.25) is 0 Å². The molecule has 0 amide bonds. The molecule has 0 aliphatic heterocycles. The number of hydrogen-bond acceptors (Lipinski definition) is 1. The molecule has 1 heterocycles. The molecular formula is C16H12ClFN2S. The molecule has 0 fully saturated rings. The van der Waals surface area contributed by atoms with E-state index in [1.807, 2.05) is 35.0 Å². The van der Waals surface area contributed by atoms with Crippen molar-refractivity contribution in [1.29, 1.82) is 0 Å². The van der Waals surface area contributed by atoms with Crippen molar-refractivity contribution in [2.24, 2.45) is 5.73 Å². The standard InChI is InChI=1S/C16H12ClFN2S/c17-13-2-1-3-14(18)12(13)9-20-7-6-10-8-11(16(19)21)4-5-15(10)20/h1-8H,9H2,(H2,19,21). The fraction of sp³-hybridized carbons (Fsp3) is 0.0625. The van der Waals surface area contributed by atoms with Crippen molar-refractivity contribution in [3.63, 3.8) is 0 Å². The summed E-state index contributed by atoms with van der Waals surface area (Å²) in [4.78, 5) is 0.363. The molecule has 2 aromatic carbocycles. The molecule has 0 aliphatic carbocycles. The van der Waals surface area contributed by atoms with Crippen molar-refractivity contribution >= 4 is 39.7 Å². The molecule has 21 heavy (non-hydrogen) atoms. The van der Waals surface area contributed by atoms with Crippen molar-refractivity contribution in [2.45, 2.75) is 6.54 Å². The molecule has 0 bridgehead atoms. The molecule has 0 saturated carbocycles. The van der Waals surface area contributed by atoms with E-state index in [1.54, 1.807) is 12.1 Å². The first-order valence-electron chi connectivity index (χ1n) is 6.38. The lowest BCUT2D eigenvalue weighted by atomic mass is 10.1. The van der Waals surface area contributed by atoms with E-state index in [1.165, 1.54) is 6.07 Å². The predicted molar refractivity (Wildman–Crippen MR) is 88.3 cm³/mol. The first-order chi connectivity index (χ1) is 10.1. The summed E-state index contributed by atoms with van der Waals surface area (Å²) in [6.45, 7) is 0.376. The van der Waals surface area contributed by atoms with Crippen molar-refractivity contribution in [3.05, 3.63) is 70.6 Å². The van der Waals surface area contributed by atoms with Crippen molar-refractivity contribution < 1.29 is 4.39 Å². The first kappa shape index (κ1) is 14.0. The van der Waals surface area contributed by atoms with E-state index in [0.717, 1.165) is 16.5 Å². The summed E-state index contributed by atoms with van der Waals surface area (Å²) in [7, 11) is 0. The Bertz CT molecular complexity index is 821. The Hall–Kier alpha value is -1.91. The third-order valence-electron chi connectivity index (χ3n) is 3.45. The molecule has 2 nitrogen and oxygen atoms in total. The lowest BCUT2D eigenvalue weighted by Crippen LogP contribution is -2.09. The highest BCUT2D eigenvalue weighted by Gasteiger charge is 2.10. The number of fused-ring (bicyclic) bond motifs is 1. The highest BCUT2D eigenvalue weighted by atomic mass is 35.5. The van der Waals surface area contributed by atoms with Crippen LogP contribution in [0.2, 0.25) is 5.02 Å². The molecule has 0 aliphatic rings. The van der Waals surface area contributed by atoms with Crippen LogP contribution in [0.1, 0.15) is 11.1 Å². The number of rotatable bonds is 3. The van der Waals surface area contributed by atoms with E-state index < -0.39 is 0 Å². The highest BCUT2D eigenvalue weighted by Crippen LogP contribution is 2.24. The summed E-state index contributed by atoms with van der Waals surface area (Å²) in [6, 6.07) is 12.4. The van der Waals surface area contributed by atoms with Crippen molar-refractivity contribution in [2.75, 3.05) is 0 Å². The fourth-order valence-corrected chi connectivity index (χ4v) is 2.69. The normalized spacial score (nSPS) is 11.0. The molecule has 0 atom stereocenters. The number of halogens is 2. The van der Waals surface area contributed by atoms with Crippen LogP contribution in [0.3, 0.4) is 0 Å². The van der Waals surface area contributed by atoms with E-state index in [4.69, 9.17) is 29.6 Å². The highest BCUT2D eigenvalue weighted by molar-refractivity contribution is 7.80. The van der Waals surface area contributed by atoms with E-state index >= 15 is 0 Å². The Morgan fingerprint density at radius 1 is 1.24 bits per heavy atom. The van der Waals surface area contributed by atoms with Crippen LogP contribution >= 0.6 is 23.8 Å². The number of benzene rings is 2. The predicted octanol–water partition coefficient (Wildman–Crippen LogP) is 4.12. The second kappa shape index (κ2) is 5.47. The van der Waals surface area contributed by atoms with Gasteiger partial charge in [0.05, 0.1) is 6.54 Å². The summed E-state index contributed by atoms with van der Waals surface area (Å²) in [5.74, 6) is -0.302. The zero-order valence-corrected chi connectivity index (χ0v) is 12.6. The van der Waals surface area contributed by atoms with Crippen LogP contribution in [0.4, 0.5) is 4.39 Å². The van der Waals surface area contributed by atoms with Gasteiger partial charge in [0.15, 0.2) is 0 Å². The molecule has 3 rings (SSSR count). The van der Waals surface area contributed by atoms with Gasteiger partial charge in [-0.2, -0.15) is 0 Å². The first-order valence-corrected chi connectivity index (χ1v) is 7.16. The molecule has 1 aromatic heterocycles. The topological polar surface area (TPSA) is 30.9 Å². The fourth-order valence-electron chi connectivity index (χ4n) is 2.35. The Balaban J connectivity index is 2.04. The Labute approximate surface area is 131 Å². The van der Waals surface area contributed by atoms with E-state index in [-0.39, 0.29) is 5.82 Å². The maximum Gasteiger partial charge on any atom is 0.129 e. The lowest BCUT2D eigenvalue weighted by molar-refractivity contribution is 0.602. The van der Waals surface area contributed by atoms with Crippen LogP contribution in [0.25, 0.3) is 10.9 Å². The smallest absolute Gasteiger partial charge is 0.129 e. The van der Waals surface area contributed by atoms with Gasteiger partial charge in [-0.25, -0.2) is 4.39 Å². The van der Waals surface area contributed by atoms with Crippen molar-refractivity contribution in [3.8, 4) is 0 Å². The Morgan fingerprint density at radius 3 is 2.76 bits per heavy atom. The molecule has 2 N–H and O–H groups in total. The van der Waals surface area contributed by atoms with Gasteiger partial charge < -0.3 is 10.3 Å². The quantitative estimate of drug-likeness (QED) is 0.737. The minimum Gasteiger partial charge on any atom is -0.389 e. The number of aromatic nitrogens is 1. The van der Waals surface area contributed by atoms with Gasteiger partial charge in [0, 0.05) is 33.2 Å². The van der Waals surface area contributed by atoms with Crippen molar-refractivity contribution in [1.82, 2.24) is 4.57 Å². The number of nitrogens with zero attached hydrogens (tertiary/aromatic N) is 1. The molecule has 0 saturated heterocycles. The summed E-state index contributed by atoms with van der Waals surface area (Å²) in [5.41, 5.74) is 7.91. The Morgan fingerprint density at radius 2 is 2.05 bits per heavy atom. The summed E-state index contributed by atoms with van der Waals surface area (Å²) in [6.07, 6.45) is 1.90. The van der Waals surface area contributed by atoms with Gasteiger partial charge in [-0.3, -0.25) is 0 Å². The minimum absolute atomic E-state index is 0.302. The maximum absolute atomic E-state index is 13.9. The van der Waals surface area contributed by atoms with Crippen LogP contribution in [-0.2, 0) is 6.54 Å². The monoisotopic (exact) mass is 318 g/mol. The van der Waals surface area contributed by atoms with E-state index in [9.17, 15) is 4.39 Å². The van der Waals surface area contributed by atoms with Gasteiger partial charge >= 0.3 is 0 Å². The average Bonchev–Trinajstić information content (AvgIpc) is 2.85. The van der Waals surface area contributed by atoms with Crippen LogP contribution in [0.15, 0.2) is 48.7 Å². The molecular weight excluding hydrogens is 307 g/mol. The zero-order chi connectivity index (χ0) is 15.0. The molecule has 3 aromatic rings. The SMILES string of the molecule is NC(=S)c1ccc2c(ccn2Cc2c(F)cccc2Cl)c1. The minimum atomic E-state index is -0.302. The van der Waals surface area contributed by atoms with Gasteiger partial charge in [-0.05, 0) is 36.4 Å². The zero-order valence-electron chi connectivity index (χ0n) is 11.0. The second-order valence-electron chi connectivity index (χ2n) is 4.78. The molecule has 0 unspecified atom stereocenters. The number of thiocarbonyl (C=S) groups is 1. The van der Waals surface area contributed by atoms with Crippen LogP contribution in [0.5, 0.6) is 0 Å². The average molecular weight is 319 g/mol. The summed E-state index contributed by atoms with van der Waals surface area (Å²) >= 11 is 11.1. The number of nitrogens with two attached hydrogens (primary N) is 1. The van der Waals surface area contributed by atoms with Gasteiger partial charge in [-0.1, -0.05) is 29.9 Å². The van der Waals surface area contributed by atoms with Crippen LogP contribution in [0, 0.1) is 5.82 Å². The molecule has 0 spiro atoms. The molecule has 106 valence electrons. The van der Waals surface area contributed by atoms with E-state index in [0.29, 0.717) is 22.1 Å². The largest absolute Gasteiger partial charge is 0.389 e. The van der Waals surface area contributed by atoms with Crippen LogP contribution < -0.4 is 5.73 Å². The third-order valence-corrected chi connectivity index (χ3v) is 4.04. The molecule has 0 radical (unpaired) electrons.